The average molecular weight is 228 g/mol. The second-order valence-electron chi connectivity index (χ2n) is 3.79. The van der Waals surface area contributed by atoms with Crippen LogP contribution in [-0.4, -0.2) is 11.6 Å². The molecule has 1 aromatic heterocycles. The van der Waals surface area contributed by atoms with Gasteiger partial charge in [0.1, 0.15) is 0 Å². The zero-order valence-electron chi connectivity index (χ0n) is 9.42. The lowest BCUT2D eigenvalue weighted by molar-refractivity contribution is 0.0803. The number of rotatable bonds is 4. The summed E-state index contributed by atoms with van der Waals surface area (Å²) in [6, 6.07) is 12.0. The van der Waals surface area contributed by atoms with E-state index >= 15 is 0 Å². The Labute approximate surface area is 99.1 Å². The first-order chi connectivity index (χ1) is 8.20. The molecule has 0 amide bonds. The predicted octanol–water partition coefficient (Wildman–Crippen LogP) is 2.98. The molecule has 0 radical (unpaired) electrons. The van der Waals surface area contributed by atoms with Crippen molar-refractivity contribution < 1.29 is 14.0 Å². The van der Waals surface area contributed by atoms with E-state index in [0.29, 0.717) is 5.56 Å². The summed E-state index contributed by atoms with van der Waals surface area (Å²) < 4.78 is 5.00. The van der Waals surface area contributed by atoms with Crippen molar-refractivity contribution in [1.29, 1.82) is 0 Å². The number of Topliss-reactive ketones (excluding diaryl/α,β-unsaturated/α-hetero) is 2. The van der Waals surface area contributed by atoms with E-state index < -0.39 is 5.92 Å². The lowest BCUT2D eigenvalue weighted by Crippen LogP contribution is -2.20. The third kappa shape index (κ3) is 2.33. The van der Waals surface area contributed by atoms with Gasteiger partial charge in [-0.3, -0.25) is 9.59 Å². The number of hydrogen-bond acceptors (Lipinski definition) is 3. The average Bonchev–Trinajstić information content (AvgIpc) is 2.91. The van der Waals surface area contributed by atoms with Gasteiger partial charge < -0.3 is 4.42 Å². The van der Waals surface area contributed by atoms with E-state index in [1.807, 2.05) is 6.07 Å². The Morgan fingerprint density at radius 1 is 1.00 bits per heavy atom. The highest BCUT2D eigenvalue weighted by atomic mass is 16.3. The van der Waals surface area contributed by atoms with Crippen molar-refractivity contribution in [3.05, 3.63) is 60.1 Å². The molecule has 0 aliphatic carbocycles. The smallest absolute Gasteiger partial charge is 0.208 e. The van der Waals surface area contributed by atoms with Gasteiger partial charge in [0.2, 0.25) is 5.78 Å². The molecule has 2 rings (SSSR count). The van der Waals surface area contributed by atoms with Crippen molar-refractivity contribution in [3.8, 4) is 0 Å². The van der Waals surface area contributed by atoms with Gasteiger partial charge in [-0.05, 0) is 19.1 Å². The number of benzene rings is 1. The number of ketones is 2. The van der Waals surface area contributed by atoms with Crippen LogP contribution in [-0.2, 0) is 0 Å². The Morgan fingerprint density at radius 2 is 1.71 bits per heavy atom. The van der Waals surface area contributed by atoms with Crippen molar-refractivity contribution >= 4 is 11.6 Å². The Bertz CT molecular complexity index is 512. The molecule has 1 heterocycles. The van der Waals surface area contributed by atoms with Crippen molar-refractivity contribution in [3.63, 3.8) is 0 Å². The van der Waals surface area contributed by atoms with Crippen LogP contribution in [0.2, 0.25) is 0 Å². The van der Waals surface area contributed by atoms with Crippen LogP contribution in [0.3, 0.4) is 0 Å². The van der Waals surface area contributed by atoms with Crippen molar-refractivity contribution in [2.75, 3.05) is 0 Å². The van der Waals surface area contributed by atoms with Crippen molar-refractivity contribution in [2.24, 2.45) is 5.92 Å². The maximum absolute atomic E-state index is 12.0. The molecule has 0 aliphatic rings. The van der Waals surface area contributed by atoms with Crippen LogP contribution >= 0.6 is 0 Å². The van der Waals surface area contributed by atoms with Crippen LogP contribution in [0.5, 0.6) is 0 Å². The lowest BCUT2D eigenvalue weighted by atomic mass is 9.94. The Morgan fingerprint density at radius 3 is 2.29 bits per heavy atom. The van der Waals surface area contributed by atoms with Crippen LogP contribution in [0.25, 0.3) is 0 Å². The highest BCUT2D eigenvalue weighted by Gasteiger charge is 2.25. The fourth-order valence-corrected chi connectivity index (χ4v) is 1.60. The van der Waals surface area contributed by atoms with E-state index in [9.17, 15) is 9.59 Å². The molecular formula is C14H12O3. The number of carbonyl (C=O) groups excluding carboxylic acids is 2. The molecule has 3 heteroatoms. The highest BCUT2D eigenvalue weighted by Crippen LogP contribution is 2.14. The molecule has 2 aromatic rings. The first-order valence-corrected chi connectivity index (χ1v) is 5.37. The maximum atomic E-state index is 12.0. The van der Waals surface area contributed by atoms with E-state index in [2.05, 4.69) is 0 Å². The van der Waals surface area contributed by atoms with Gasteiger partial charge in [0.05, 0.1) is 12.2 Å². The van der Waals surface area contributed by atoms with Gasteiger partial charge in [-0.15, -0.1) is 0 Å². The fourth-order valence-electron chi connectivity index (χ4n) is 1.60. The van der Waals surface area contributed by atoms with Crippen LogP contribution < -0.4 is 0 Å². The van der Waals surface area contributed by atoms with Crippen LogP contribution in [0, 0.1) is 5.92 Å². The van der Waals surface area contributed by atoms with Gasteiger partial charge in [-0.25, -0.2) is 0 Å². The topological polar surface area (TPSA) is 47.3 Å². The first-order valence-electron chi connectivity index (χ1n) is 5.37. The maximum Gasteiger partial charge on any atom is 0.208 e. The zero-order valence-corrected chi connectivity index (χ0v) is 9.42. The number of carbonyl (C=O) groups is 2. The molecule has 0 aliphatic heterocycles. The Balaban J connectivity index is 2.19. The monoisotopic (exact) mass is 228 g/mol. The molecular weight excluding hydrogens is 216 g/mol. The summed E-state index contributed by atoms with van der Waals surface area (Å²) in [6.07, 6.45) is 1.42. The summed E-state index contributed by atoms with van der Waals surface area (Å²) in [4.78, 5) is 23.9. The van der Waals surface area contributed by atoms with Crippen LogP contribution in [0.15, 0.2) is 53.1 Å². The molecule has 1 atom stereocenters. The van der Waals surface area contributed by atoms with Gasteiger partial charge in [-0.2, -0.15) is 0 Å². The summed E-state index contributed by atoms with van der Waals surface area (Å²) in [5.41, 5.74) is 0.542. The summed E-state index contributed by atoms with van der Waals surface area (Å²) in [5, 5.41) is 0. The quantitative estimate of drug-likeness (QED) is 0.597. The minimum atomic E-state index is -0.719. The fraction of sp³-hybridized carbons (Fsp3) is 0.143. The van der Waals surface area contributed by atoms with E-state index in [1.54, 1.807) is 43.3 Å². The normalized spacial score (nSPS) is 12.1. The summed E-state index contributed by atoms with van der Waals surface area (Å²) in [6.45, 7) is 1.60. The number of hydrogen-bond donors (Lipinski definition) is 0. The van der Waals surface area contributed by atoms with E-state index in [4.69, 9.17) is 4.42 Å². The first kappa shape index (κ1) is 11.3. The standard InChI is InChI=1S/C14H12O3/c1-10(14(16)12-8-5-9-17-12)13(15)11-6-3-2-4-7-11/h2-10H,1H3. The van der Waals surface area contributed by atoms with Gasteiger partial charge in [0.25, 0.3) is 0 Å². The minimum Gasteiger partial charge on any atom is -0.461 e. The highest BCUT2D eigenvalue weighted by molar-refractivity contribution is 6.14. The number of furan rings is 1. The van der Waals surface area contributed by atoms with Crippen molar-refractivity contribution in [1.82, 2.24) is 0 Å². The molecule has 1 aromatic carbocycles. The van der Waals surface area contributed by atoms with Crippen LogP contribution in [0.4, 0.5) is 0 Å². The molecule has 0 bridgehead atoms. The summed E-state index contributed by atoms with van der Waals surface area (Å²) in [7, 11) is 0. The molecule has 0 spiro atoms. The van der Waals surface area contributed by atoms with Crippen LogP contribution in [0.1, 0.15) is 27.8 Å². The second-order valence-corrected chi connectivity index (χ2v) is 3.79. The van der Waals surface area contributed by atoms with Gasteiger partial charge in [0, 0.05) is 5.56 Å². The predicted molar refractivity (Wildman–Crippen MR) is 63.0 cm³/mol. The third-order valence-corrected chi connectivity index (χ3v) is 2.61. The summed E-state index contributed by atoms with van der Waals surface area (Å²) in [5.74, 6) is -0.971. The van der Waals surface area contributed by atoms with Gasteiger partial charge in [-0.1, -0.05) is 30.3 Å². The Hall–Kier alpha value is -2.16. The van der Waals surface area contributed by atoms with E-state index in [1.165, 1.54) is 6.26 Å². The van der Waals surface area contributed by atoms with E-state index in [-0.39, 0.29) is 17.3 Å². The minimum absolute atomic E-state index is 0.188. The second kappa shape index (κ2) is 4.78. The molecule has 0 saturated carbocycles. The summed E-state index contributed by atoms with van der Waals surface area (Å²) >= 11 is 0. The largest absolute Gasteiger partial charge is 0.461 e. The van der Waals surface area contributed by atoms with Gasteiger partial charge >= 0.3 is 0 Å². The molecule has 0 saturated heterocycles. The zero-order chi connectivity index (χ0) is 12.3. The molecule has 86 valence electrons. The lowest BCUT2D eigenvalue weighted by Gasteiger charge is -2.07. The molecule has 1 unspecified atom stereocenters. The van der Waals surface area contributed by atoms with Crippen molar-refractivity contribution in [2.45, 2.75) is 6.92 Å². The molecule has 17 heavy (non-hydrogen) atoms. The van der Waals surface area contributed by atoms with E-state index in [0.717, 1.165) is 0 Å². The van der Waals surface area contributed by atoms with Gasteiger partial charge in [0.15, 0.2) is 11.5 Å². The molecule has 0 fully saturated rings. The SMILES string of the molecule is CC(C(=O)c1ccccc1)C(=O)c1ccco1. The third-order valence-electron chi connectivity index (χ3n) is 2.61. The molecule has 3 nitrogen and oxygen atoms in total. The Kier molecular flexibility index (Phi) is 3.19. The molecule has 0 N–H and O–H groups in total.